The van der Waals surface area contributed by atoms with E-state index in [1.165, 1.54) is 6.33 Å². The molecular weight excluding hydrogens is 302 g/mol. The quantitative estimate of drug-likeness (QED) is 0.695. The van der Waals surface area contributed by atoms with Gasteiger partial charge in [0.15, 0.2) is 5.82 Å². The molecule has 0 amide bonds. The van der Waals surface area contributed by atoms with Gasteiger partial charge in [-0.25, -0.2) is 9.97 Å². The molecule has 24 heavy (non-hydrogen) atoms. The van der Waals surface area contributed by atoms with Crippen LogP contribution >= 0.6 is 0 Å². The number of anilines is 2. The van der Waals surface area contributed by atoms with E-state index in [1.807, 2.05) is 36.7 Å². The van der Waals surface area contributed by atoms with Crippen LogP contribution in [-0.4, -0.2) is 38.2 Å². The van der Waals surface area contributed by atoms with E-state index in [2.05, 4.69) is 49.2 Å². The topological polar surface area (TPSA) is 82.6 Å². The van der Waals surface area contributed by atoms with E-state index in [1.54, 1.807) is 6.20 Å². The molecule has 3 heterocycles. The summed E-state index contributed by atoms with van der Waals surface area (Å²) in [6, 6.07) is 7.80. The van der Waals surface area contributed by atoms with Crippen molar-refractivity contribution in [2.24, 2.45) is 0 Å². The minimum atomic E-state index is -0.165. The number of H-pyrrole nitrogens is 1. The van der Waals surface area contributed by atoms with E-state index in [4.69, 9.17) is 0 Å². The van der Waals surface area contributed by atoms with E-state index >= 15 is 0 Å². The fourth-order valence-electron chi connectivity index (χ4n) is 2.58. The number of hydrogen-bond donors (Lipinski definition) is 2. The van der Waals surface area contributed by atoms with Gasteiger partial charge < -0.3 is 10.2 Å². The molecule has 3 rings (SSSR count). The lowest BCUT2D eigenvalue weighted by Gasteiger charge is -2.21. The first-order chi connectivity index (χ1) is 11.8. The Hall–Kier alpha value is -2.96. The lowest BCUT2D eigenvalue weighted by Crippen LogP contribution is -2.23. The van der Waals surface area contributed by atoms with Crippen LogP contribution in [0.25, 0.3) is 0 Å². The molecule has 0 aliphatic rings. The molecule has 0 saturated carbocycles. The maximum atomic E-state index is 4.55. The summed E-state index contributed by atoms with van der Waals surface area (Å²) in [5, 5.41) is 10.3. The van der Waals surface area contributed by atoms with Gasteiger partial charge in [0.1, 0.15) is 18.2 Å². The Labute approximate surface area is 141 Å². The van der Waals surface area contributed by atoms with Crippen LogP contribution in [0.2, 0.25) is 0 Å². The third-order valence-corrected chi connectivity index (χ3v) is 3.87. The molecule has 3 aromatic rings. The average Bonchev–Trinajstić information content (AvgIpc) is 3.17. The second-order valence-electron chi connectivity index (χ2n) is 5.31. The highest BCUT2D eigenvalue weighted by molar-refractivity contribution is 5.50. The van der Waals surface area contributed by atoms with Gasteiger partial charge in [-0.15, -0.1) is 0 Å². The van der Waals surface area contributed by atoms with Gasteiger partial charge in [0.25, 0.3) is 0 Å². The monoisotopic (exact) mass is 323 g/mol. The summed E-state index contributed by atoms with van der Waals surface area (Å²) in [4.78, 5) is 15.2. The summed E-state index contributed by atoms with van der Waals surface area (Å²) in [6.07, 6.45) is 6.91. The Kier molecular flexibility index (Phi) is 5.00. The van der Waals surface area contributed by atoms with Gasteiger partial charge >= 0.3 is 0 Å². The first-order valence-corrected chi connectivity index (χ1v) is 8.04. The first kappa shape index (κ1) is 15.9. The number of nitrogens with one attached hydrogen (secondary N) is 2. The molecule has 1 atom stereocenters. The zero-order chi connectivity index (χ0) is 16.8. The number of pyridine rings is 2. The van der Waals surface area contributed by atoms with Gasteiger partial charge in [-0.05, 0) is 32.0 Å². The van der Waals surface area contributed by atoms with Crippen molar-refractivity contribution in [1.29, 1.82) is 0 Å². The Morgan fingerprint density at radius 1 is 1.12 bits per heavy atom. The predicted molar refractivity (Wildman–Crippen MR) is 93.9 cm³/mol. The zero-order valence-corrected chi connectivity index (χ0v) is 13.8. The minimum Gasteiger partial charge on any atom is -0.370 e. The molecule has 0 radical (unpaired) electrons. The molecule has 0 bridgehead atoms. The van der Waals surface area contributed by atoms with Crippen LogP contribution < -0.4 is 10.2 Å². The van der Waals surface area contributed by atoms with Gasteiger partial charge in [0.05, 0.1) is 11.9 Å². The highest BCUT2D eigenvalue weighted by atomic mass is 15.2. The largest absolute Gasteiger partial charge is 0.370 e. The number of aromatic nitrogens is 5. The van der Waals surface area contributed by atoms with Gasteiger partial charge in [0, 0.05) is 31.0 Å². The Morgan fingerprint density at radius 3 is 2.58 bits per heavy atom. The minimum absolute atomic E-state index is 0.165. The smallest absolute Gasteiger partial charge is 0.151 e. The fraction of sp³-hybridized carbons (Fsp3) is 0.294. The predicted octanol–water partition coefficient (Wildman–Crippen LogP) is 2.64. The lowest BCUT2D eigenvalue weighted by atomic mass is 10.1. The number of nitrogens with zero attached hydrogens (tertiary/aromatic N) is 5. The first-order valence-electron chi connectivity index (χ1n) is 8.04. The van der Waals surface area contributed by atoms with Crippen LogP contribution in [0.15, 0.2) is 49.2 Å². The lowest BCUT2D eigenvalue weighted by molar-refractivity contribution is 0.826. The van der Waals surface area contributed by atoms with E-state index in [0.717, 1.165) is 36.0 Å². The molecule has 0 aromatic carbocycles. The summed E-state index contributed by atoms with van der Waals surface area (Å²) in [5.41, 5.74) is 1.92. The van der Waals surface area contributed by atoms with E-state index < -0.39 is 0 Å². The summed E-state index contributed by atoms with van der Waals surface area (Å²) in [5.74, 6) is 1.71. The van der Waals surface area contributed by atoms with Crippen LogP contribution in [0.4, 0.5) is 11.5 Å². The van der Waals surface area contributed by atoms with Gasteiger partial charge in [-0.2, -0.15) is 5.10 Å². The maximum absolute atomic E-state index is 4.55. The summed E-state index contributed by atoms with van der Waals surface area (Å²) in [6.45, 7) is 6.12. The van der Waals surface area contributed by atoms with Crippen molar-refractivity contribution >= 4 is 11.5 Å². The third-order valence-electron chi connectivity index (χ3n) is 3.87. The van der Waals surface area contributed by atoms with Crippen molar-refractivity contribution in [2.75, 3.05) is 23.3 Å². The Morgan fingerprint density at radius 2 is 2.00 bits per heavy atom. The van der Waals surface area contributed by atoms with Crippen LogP contribution in [0.1, 0.15) is 31.3 Å². The van der Waals surface area contributed by atoms with Crippen molar-refractivity contribution < 1.29 is 0 Å². The molecule has 7 nitrogen and oxygen atoms in total. The van der Waals surface area contributed by atoms with Crippen molar-refractivity contribution in [3.63, 3.8) is 0 Å². The zero-order valence-electron chi connectivity index (χ0n) is 13.8. The fourth-order valence-corrected chi connectivity index (χ4v) is 2.58. The SMILES string of the molecule is CCN(CC)c1ccc(NC(c2cccnc2)c2ncn[nH]2)cn1. The Balaban J connectivity index is 1.83. The van der Waals surface area contributed by atoms with Crippen molar-refractivity contribution in [3.05, 3.63) is 60.6 Å². The molecule has 0 aliphatic carbocycles. The van der Waals surface area contributed by atoms with Gasteiger partial charge in [-0.3, -0.25) is 10.1 Å². The number of aromatic amines is 1. The average molecular weight is 323 g/mol. The van der Waals surface area contributed by atoms with E-state index in [0.29, 0.717) is 0 Å². The molecule has 124 valence electrons. The molecular formula is C17H21N7. The van der Waals surface area contributed by atoms with Crippen molar-refractivity contribution in [3.8, 4) is 0 Å². The maximum Gasteiger partial charge on any atom is 0.151 e. The number of hydrogen-bond acceptors (Lipinski definition) is 6. The molecule has 0 saturated heterocycles. The van der Waals surface area contributed by atoms with Crippen LogP contribution in [0.5, 0.6) is 0 Å². The highest BCUT2D eigenvalue weighted by Crippen LogP contribution is 2.24. The second-order valence-corrected chi connectivity index (χ2v) is 5.31. The molecule has 0 spiro atoms. The van der Waals surface area contributed by atoms with Gasteiger partial charge in [0.2, 0.25) is 0 Å². The van der Waals surface area contributed by atoms with Crippen molar-refractivity contribution in [1.82, 2.24) is 25.1 Å². The van der Waals surface area contributed by atoms with Gasteiger partial charge in [-0.1, -0.05) is 6.07 Å². The molecule has 3 aromatic heterocycles. The molecule has 7 heteroatoms. The summed E-state index contributed by atoms with van der Waals surface area (Å²) < 4.78 is 0. The Bertz CT molecular complexity index is 721. The van der Waals surface area contributed by atoms with Crippen LogP contribution in [-0.2, 0) is 0 Å². The summed E-state index contributed by atoms with van der Waals surface area (Å²) >= 11 is 0. The summed E-state index contributed by atoms with van der Waals surface area (Å²) in [7, 11) is 0. The van der Waals surface area contributed by atoms with E-state index in [-0.39, 0.29) is 6.04 Å². The molecule has 1 unspecified atom stereocenters. The molecule has 0 fully saturated rings. The standard InChI is InChI=1S/C17H21N7/c1-3-24(4-2)15-8-7-14(11-19-15)22-16(17-20-12-21-23-17)13-6-5-9-18-10-13/h5-12,16,22H,3-4H2,1-2H3,(H,20,21,23). The second kappa shape index (κ2) is 7.54. The van der Waals surface area contributed by atoms with Crippen LogP contribution in [0, 0.1) is 0 Å². The van der Waals surface area contributed by atoms with E-state index in [9.17, 15) is 0 Å². The van der Waals surface area contributed by atoms with Crippen molar-refractivity contribution in [2.45, 2.75) is 19.9 Å². The molecule has 0 aliphatic heterocycles. The highest BCUT2D eigenvalue weighted by Gasteiger charge is 2.17. The normalized spacial score (nSPS) is 11.9. The number of rotatable bonds is 7. The van der Waals surface area contributed by atoms with Crippen LogP contribution in [0.3, 0.4) is 0 Å². The molecule has 2 N–H and O–H groups in total. The third kappa shape index (κ3) is 3.51.